The summed E-state index contributed by atoms with van der Waals surface area (Å²) in [6, 6.07) is 15.8. The number of thioether (sulfide) groups is 1. The maximum Gasteiger partial charge on any atom is 0.234 e. The Morgan fingerprint density at radius 2 is 1.80 bits per heavy atom. The Bertz CT molecular complexity index is 895. The molecule has 0 saturated carbocycles. The highest BCUT2D eigenvalue weighted by Crippen LogP contribution is 2.20. The summed E-state index contributed by atoms with van der Waals surface area (Å²) in [5.74, 6) is -0.111. The van der Waals surface area contributed by atoms with Crippen LogP contribution in [0.3, 0.4) is 0 Å². The number of carbonyl (C=O) groups is 2. The van der Waals surface area contributed by atoms with Crippen molar-refractivity contribution >= 4 is 35.1 Å². The van der Waals surface area contributed by atoms with Crippen LogP contribution >= 0.6 is 11.8 Å². The second-order valence-electron chi connectivity index (χ2n) is 5.08. The van der Waals surface area contributed by atoms with Crippen LogP contribution in [0.25, 0.3) is 0 Å². The van der Waals surface area contributed by atoms with Gasteiger partial charge in [0.15, 0.2) is 5.78 Å². The maximum absolute atomic E-state index is 12.6. The van der Waals surface area contributed by atoms with Crippen LogP contribution in [-0.4, -0.2) is 32.6 Å². The molecule has 0 bridgehead atoms. The van der Waals surface area contributed by atoms with E-state index in [9.17, 15) is 9.59 Å². The van der Waals surface area contributed by atoms with Crippen LogP contribution in [0.4, 0.5) is 11.6 Å². The number of nitrogens with two attached hydrogens (primary N) is 1. The van der Waals surface area contributed by atoms with Crippen LogP contribution in [0.15, 0.2) is 59.8 Å². The van der Waals surface area contributed by atoms with E-state index in [2.05, 4.69) is 20.5 Å². The Morgan fingerprint density at radius 1 is 1.08 bits per heavy atom. The Labute approximate surface area is 148 Å². The number of hydrogen-bond acceptors (Lipinski definition) is 6. The Hall–Kier alpha value is -3.13. The molecule has 0 aliphatic heterocycles. The number of benzene rings is 2. The molecule has 25 heavy (non-hydrogen) atoms. The second kappa shape index (κ2) is 7.63. The van der Waals surface area contributed by atoms with Crippen LogP contribution in [-0.2, 0) is 4.79 Å². The first-order valence-corrected chi connectivity index (χ1v) is 8.41. The van der Waals surface area contributed by atoms with Crippen molar-refractivity contribution in [2.45, 2.75) is 5.16 Å². The van der Waals surface area contributed by atoms with Gasteiger partial charge < -0.3 is 11.1 Å². The molecule has 0 atom stereocenters. The molecule has 3 rings (SSSR count). The molecule has 0 saturated heterocycles. The minimum absolute atomic E-state index is 0.102. The summed E-state index contributed by atoms with van der Waals surface area (Å²) in [6.07, 6.45) is 0. The van der Waals surface area contributed by atoms with Crippen molar-refractivity contribution in [3.63, 3.8) is 0 Å². The maximum atomic E-state index is 12.6. The number of ketones is 1. The number of para-hydroxylation sites is 1. The lowest BCUT2D eigenvalue weighted by Crippen LogP contribution is -2.17. The predicted octanol–water partition coefficient (Wildman–Crippen LogP) is 2.35. The molecule has 8 heteroatoms. The molecule has 1 heterocycles. The lowest BCUT2D eigenvalue weighted by molar-refractivity contribution is -0.113. The highest BCUT2D eigenvalue weighted by molar-refractivity contribution is 7.99. The molecule has 0 fully saturated rings. The molecule has 1 aromatic heterocycles. The number of aromatic amines is 1. The van der Waals surface area contributed by atoms with Crippen LogP contribution in [0.2, 0.25) is 0 Å². The molecular weight excluding hydrogens is 338 g/mol. The highest BCUT2D eigenvalue weighted by atomic mass is 32.2. The topological polar surface area (TPSA) is 114 Å². The third kappa shape index (κ3) is 4.24. The van der Waals surface area contributed by atoms with Gasteiger partial charge in [-0.15, -0.1) is 5.10 Å². The quantitative estimate of drug-likeness (QED) is 0.463. The number of anilines is 2. The molecule has 1 amide bonds. The number of nitrogens with one attached hydrogen (secondary N) is 2. The van der Waals surface area contributed by atoms with Gasteiger partial charge in [0.05, 0.1) is 11.4 Å². The smallest absolute Gasteiger partial charge is 0.234 e. The first-order chi connectivity index (χ1) is 12.1. The van der Waals surface area contributed by atoms with Crippen LogP contribution in [0.1, 0.15) is 15.9 Å². The monoisotopic (exact) mass is 353 g/mol. The first-order valence-electron chi connectivity index (χ1n) is 7.43. The van der Waals surface area contributed by atoms with Gasteiger partial charge in [-0.25, -0.2) is 5.10 Å². The number of nitrogen functional groups attached to an aromatic ring is 1. The normalized spacial score (nSPS) is 10.4. The summed E-state index contributed by atoms with van der Waals surface area (Å²) in [5, 5.41) is 9.50. The zero-order chi connectivity index (χ0) is 17.6. The molecule has 126 valence electrons. The Morgan fingerprint density at radius 3 is 2.52 bits per heavy atom. The molecule has 0 aliphatic carbocycles. The van der Waals surface area contributed by atoms with Gasteiger partial charge >= 0.3 is 0 Å². The van der Waals surface area contributed by atoms with Gasteiger partial charge in [0.1, 0.15) is 0 Å². The summed E-state index contributed by atoms with van der Waals surface area (Å²) in [5.41, 5.74) is 6.91. The Kier molecular flexibility index (Phi) is 5.10. The SMILES string of the molecule is Nc1nc(SCC(=O)Nc2ccccc2C(=O)c2ccccc2)n[nH]1. The molecule has 0 radical (unpaired) electrons. The number of H-pyrrole nitrogens is 1. The summed E-state index contributed by atoms with van der Waals surface area (Å²) < 4.78 is 0. The molecule has 4 N–H and O–H groups in total. The van der Waals surface area contributed by atoms with Crippen molar-refractivity contribution < 1.29 is 9.59 Å². The average molecular weight is 353 g/mol. The van der Waals surface area contributed by atoms with E-state index in [1.807, 2.05) is 6.07 Å². The second-order valence-corrected chi connectivity index (χ2v) is 6.02. The third-order valence-corrected chi connectivity index (χ3v) is 4.14. The molecule has 0 unspecified atom stereocenters. The largest absolute Gasteiger partial charge is 0.368 e. The number of amides is 1. The van der Waals surface area contributed by atoms with Gasteiger partial charge in [-0.3, -0.25) is 9.59 Å². The number of aromatic nitrogens is 3. The minimum atomic E-state index is -0.262. The fourth-order valence-electron chi connectivity index (χ4n) is 2.17. The van der Waals surface area contributed by atoms with E-state index in [0.717, 1.165) is 11.8 Å². The van der Waals surface area contributed by atoms with Gasteiger partial charge in [0.25, 0.3) is 0 Å². The van der Waals surface area contributed by atoms with Crippen molar-refractivity contribution in [1.82, 2.24) is 15.2 Å². The van der Waals surface area contributed by atoms with E-state index in [-0.39, 0.29) is 23.4 Å². The molecule has 2 aromatic carbocycles. The van der Waals surface area contributed by atoms with Crippen LogP contribution in [0.5, 0.6) is 0 Å². The van der Waals surface area contributed by atoms with Gasteiger partial charge in [-0.05, 0) is 12.1 Å². The fourth-order valence-corrected chi connectivity index (χ4v) is 2.78. The first kappa shape index (κ1) is 16.7. The molecular formula is C17H15N5O2S. The van der Waals surface area contributed by atoms with Crippen LogP contribution < -0.4 is 11.1 Å². The summed E-state index contributed by atoms with van der Waals surface area (Å²) in [7, 11) is 0. The van der Waals surface area contributed by atoms with Gasteiger partial charge in [0, 0.05) is 11.1 Å². The highest BCUT2D eigenvalue weighted by Gasteiger charge is 2.15. The zero-order valence-electron chi connectivity index (χ0n) is 13.1. The van der Waals surface area contributed by atoms with Crippen LogP contribution in [0, 0.1) is 0 Å². The zero-order valence-corrected chi connectivity index (χ0v) is 13.9. The lowest BCUT2D eigenvalue weighted by atomic mass is 10.0. The van der Waals surface area contributed by atoms with E-state index in [1.54, 1.807) is 48.5 Å². The van der Waals surface area contributed by atoms with E-state index in [0.29, 0.717) is 22.0 Å². The molecule has 3 aromatic rings. The molecule has 0 aliphatic rings. The molecule has 7 nitrogen and oxygen atoms in total. The van der Waals surface area contributed by atoms with Gasteiger partial charge in [0.2, 0.25) is 17.0 Å². The summed E-state index contributed by atoms with van der Waals surface area (Å²) in [6.45, 7) is 0. The number of hydrogen-bond donors (Lipinski definition) is 3. The average Bonchev–Trinajstić information content (AvgIpc) is 3.06. The van der Waals surface area contributed by atoms with Gasteiger partial charge in [-0.2, -0.15) is 4.98 Å². The summed E-state index contributed by atoms with van der Waals surface area (Å²) >= 11 is 1.15. The minimum Gasteiger partial charge on any atom is -0.368 e. The van der Waals surface area contributed by atoms with Crippen molar-refractivity contribution in [1.29, 1.82) is 0 Å². The van der Waals surface area contributed by atoms with Crippen molar-refractivity contribution in [2.24, 2.45) is 0 Å². The van der Waals surface area contributed by atoms with E-state index in [1.165, 1.54) is 0 Å². The Balaban J connectivity index is 1.70. The predicted molar refractivity (Wildman–Crippen MR) is 96.5 cm³/mol. The summed E-state index contributed by atoms with van der Waals surface area (Å²) in [4.78, 5) is 28.7. The van der Waals surface area contributed by atoms with Crippen molar-refractivity contribution in [2.75, 3.05) is 16.8 Å². The standard InChI is InChI=1S/C17H15N5O2S/c18-16-20-17(22-21-16)25-10-14(23)19-13-9-5-4-8-12(13)15(24)11-6-2-1-3-7-11/h1-9H,10H2,(H,19,23)(H3,18,20,21,22). The number of nitrogens with zero attached hydrogens (tertiary/aromatic N) is 2. The van der Waals surface area contributed by atoms with Gasteiger partial charge in [-0.1, -0.05) is 54.2 Å². The van der Waals surface area contributed by atoms with Crippen molar-refractivity contribution in [3.05, 3.63) is 65.7 Å². The van der Waals surface area contributed by atoms with E-state index < -0.39 is 0 Å². The van der Waals surface area contributed by atoms with E-state index >= 15 is 0 Å². The lowest BCUT2D eigenvalue weighted by Gasteiger charge is -2.10. The molecule has 0 spiro atoms. The third-order valence-electron chi connectivity index (χ3n) is 3.30. The van der Waals surface area contributed by atoms with E-state index in [4.69, 9.17) is 5.73 Å². The number of rotatable bonds is 6. The number of carbonyl (C=O) groups excluding carboxylic acids is 2. The van der Waals surface area contributed by atoms with Crippen molar-refractivity contribution in [3.8, 4) is 0 Å². The fraction of sp³-hybridized carbons (Fsp3) is 0.0588.